The molecule has 0 saturated carbocycles. The smallest absolute Gasteiger partial charge is 0.252 e. The largest absolute Gasteiger partial charge is 0.368 e. The zero-order valence-corrected chi connectivity index (χ0v) is 13.2. The van der Waals surface area contributed by atoms with Crippen molar-refractivity contribution < 1.29 is 13.2 Å². The Bertz CT molecular complexity index is 589. The molecule has 112 valence electrons. The van der Waals surface area contributed by atoms with E-state index in [1.165, 1.54) is 15.6 Å². The van der Waals surface area contributed by atoms with Crippen LogP contribution in [-0.2, 0) is 14.8 Å². The van der Waals surface area contributed by atoms with Gasteiger partial charge in [0.15, 0.2) is 0 Å². The van der Waals surface area contributed by atoms with Gasteiger partial charge in [0.1, 0.15) is 4.21 Å². The van der Waals surface area contributed by atoms with Crippen molar-refractivity contribution in [1.82, 2.24) is 9.21 Å². The Morgan fingerprint density at radius 1 is 1.30 bits per heavy atom. The summed E-state index contributed by atoms with van der Waals surface area (Å²) >= 11 is 1.28. The van der Waals surface area contributed by atoms with E-state index in [2.05, 4.69) is 0 Å². The molecule has 2 heterocycles. The number of nitrogens with two attached hydrogens (primary N) is 1. The third-order valence-electron chi connectivity index (χ3n) is 3.54. The normalized spacial score (nSPS) is 19.9. The average molecular weight is 317 g/mol. The van der Waals surface area contributed by atoms with Crippen molar-refractivity contribution in [2.75, 3.05) is 26.2 Å². The summed E-state index contributed by atoms with van der Waals surface area (Å²) in [6, 6.07) is 3.10. The minimum absolute atomic E-state index is 0.358. The Morgan fingerprint density at radius 2 is 1.90 bits per heavy atom. The molecule has 0 spiro atoms. The summed E-state index contributed by atoms with van der Waals surface area (Å²) < 4.78 is 26.7. The first-order valence-electron chi connectivity index (χ1n) is 6.42. The van der Waals surface area contributed by atoms with Crippen molar-refractivity contribution in [3.05, 3.63) is 17.0 Å². The monoisotopic (exact) mass is 317 g/mol. The molecule has 0 unspecified atom stereocenters. The molecule has 1 saturated heterocycles. The second kappa shape index (κ2) is 5.80. The Morgan fingerprint density at radius 3 is 2.35 bits per heavy atom. The molecule has 1 amide bonds. The molecule has 0 aromatic carbocycles. The van der Waals surface area contributed by atoms with Gasteiger partial charge in [-0.15, -0.1) is 11.3 Å². The van der Waals surface area contributed by atoms with Gasteiger partial charge in [0.25, 0.3) is 10.0 Å². The fourth-order valence-corrected chi connectivity index (χ4v) is 5.05. The molecule has 1 fully saturated rings. The van der Waals surface area contributed by atoms with E-state index in [9.17, 15) is 13.2 Å². The van der Waals surface area contributed by atoms with Gasteiger partial charge in [0, 0.05) is 31.1 Å². The molecule has 1 aliphatic rings. The van der Waals surface area contributed by atoms with E-state index in [0.29, 0.717) is 30.4 Å². The average Bonchev–Trinajstić information content (AvgIpc) is 2.85. The molecule has 1 atom stereocenters. The van der Waals surface area contributed by atoms with E-state index in [-0.39, 0.29) is 11.9 Å². The van der Waals surface area contributed by atoms with E-state index in [0.717, 1.165) is 4.88 Å². The van der Waals surface area contributed by atoms with E-state index in [1.807, 2.05) is 17.9 Å². The second-order valence-electron chi connectivity index (χ2n) is 4.88. The molecule has 0 radical (unpaired) electrons. The number of primary amides is 1. The zero-order valence-electron chi connectivity index (χ0n) is 11.6. The summed E-state index contributed by atoms with van der Waals surface area (Å²) in [5.41, 5.74) is 5.27. The summed E-state index contributed by atoms with van der Waals surface area (Å²) in [6.07, 6.45) is 0. The topological polar surface area (TPSA) is 83.7 Å². The third kappa shape index (κ3) is 3.03. The van der Waals surface area contributed by atoms with Gasteiger partial charge in [-0.3, -0.25) is 9.69 Å². The molecule has 0 aliphatic carbocycles. The van der Waals surface area contributed by atoms with Gasteiger partial charge in [-0.2, -0.15) is 4.31 Å². The number of thiophene rings is 1. The summed E-state index contributed by atoms with van der Waals surface area (Å²) in [5, 5.41) is 0. The van der Waals surface area contributed by atoms with E-state index in [1.54, 1.807) is 13.0 Å². The van der Waals surface area contributed by atoms with Crippen molar-refractivity contribution in [2.24, 2.45) is 5.73 Å². The number of aryl methyl sites for hydroxylation is 1. The molecular weight excluding hydrogens is 298 g/mol. The van der Waals surface area contributed by atoms with Crippen LogP contribution < -0.4 is 5.73 Å². The fourth-order valence-electron chi connectivity index (χ4n) is 2.19. The van der Waals surface area contributed by atoms with Gasteiger partial charge in [-0.1, -0.05) is 0 Å². The lowest BCUT2D eigenvalue weighted by molar-refractivity contribution is -0.123. The van der Waals surface area contributed by atoms with Crippen molar-refractivity contribution in [1.29, 1.82) is 0 Å². The highest BCUT2D eigenvalue weighted by atomic mass is 32.2. The Kier molecular flexibility index (Phi) is 4.48. The predicted molar refractivity (Wildman–Crippen MR) is 78.0 cm³/mol. The number of hydrogen-bond acceptors (Lipinski definition) is 5. The number of carbonyl (C=O) groups is 1. The minimum Gasteiger partial charge on any atom is -0.368 e. The lowest BCUT2D eigenvalue weighted by atomic mass is 10.2. The minimum atomic E-state index is -3.40. The quantitative estimate of drug-likeness (QED) is 0.862. The Balaban J connectivity index is 2.05. The predicted octanol–water partition coefficient (Wildman–Crippen LogP) is 0.237. The summed E-state index contributed by atoms with van der Waals surface area (Å²) in [7, 11) is -3.40. The molecule has 1 aliphatic heterocycles. The molecule has 2 rings (SSSR count). The van der Waals surface area contributed by atoms with Crippen LogP contribution in [0, 0.1) is 6.92 Å². The number of rotatable bonds is 4. The molecule has 20 heavy (non-hydrogen) atoms. The Labute approximate surface area is 123 Å². The van der Waals surface area contributed by atoms with Crippen LogP contribution in [-0.4, -0.2) is 55.8 Å². The van der Waals surface area contributed by atoms with Crippen LogP contribution in [0.25, 0.3) is 0 Å². The third-order valence-corrected chi connectivity index (χ3v) is 6.91. The molecule has 1 aromatic heterocycles. The zero-order chi connectivity index (χ0) is 14.9. The number of piperazine rings is 1. The van der Waals surface area contributed by atoms with E-state index < -0.39 is 10.0 Å². The summed E-state index contributed by atoms with van der Waals surface area (Å²) in [4.78, 5) is 14.0. The van der Waals surface area contributed by atoms with Crippen LogP contribution in [0.4, 0.5) is 0 Å². The van der Waals surface area contributed by atoms with Crippen molar-refractivity contribution in [3.63, 3.8) is 0 Å². The van der Waals surface area contributed by atoms with Gasteiger partial charge in [-0.25, -0.2) is 8.42 Å². The number of sulfonamides is 1. The summed E-state index contributed by atoms with van der Waals surface area (Å²) in [5.74, 6) is -0.379. The maximum absolute atomic E-state index is 12.4. The lowest BCUT2D eigenvalue weighted by Crippen LogP contribution is -2.54. The highest BCUT2D eigenvalue weighted by Crippen LogP contribution is 2.25. The number of carbonyl (C=O) groups excluding carboxylic acids is 1. The van der Waals surface area contributed by atoms with Crippen LogP contribution in [0.2, 0.25) is 0 Å². The van der Waals surface area contributed by atoms with Gasteiger partial charge in [-0.05, 0) is 26.0 Å². The van der Waals surface area contributed by atoms with Crippen LogP contribution in [0.1, 0.15) is 11.8 Å². The van der Waals surface area contributed by atoms with Crippen LogP contribution >= 0.6 is 11.3 Å². The highest BCUT2D eigenvalue weighted by molar-refractivity contribution is 7.91. The van der Waals surface area contributed by atoms with Gasteiger partial charge in [0.2, 0.25) is 5.91 Å². The lowest BCUT2D eigenvalue weighted by Gasteiger charge is -2.35. The van der Waals surface area contributed by atoms with Crippen LogP contribution in [0.5, 0.6) is 0 Å². The molecule has 8 heteroatoms. The van der Waals surface area contributed by atoms with Crippen molar-refractivity contribution >= 4 is 27.3 Å². The maximum atomic E-state index is 12.4. The molecule has 0 bridgehead atoms. The van der Waals surface area contributed by atoms with Gasteiger partial charge >= 0.3 is 0 Å². The van der Waals surface area contributed by atoms with Crippen molar-refractivity contribution in [3.8, 4) is 0 Å². The maximum Gasteiger partial charge on any atom is 0.252 e. The number of hydrogen-bond donors (Lipinski definition) is 1. The first kappa shape index (κ1) is 15.4. The number of nitrogens with zero attached hydrogens (tertiary/aromatic N) is 2. The standard InChI is InChI=1S/C12H19N3O3S2/c1-9-3-4-11(19-9)20(17,18)15-7-5-14(6-8-15)10(2)12(13)16/h3-4,10H,5-8H2,1-2H3,(H2,13,16)/t10-/m1/s1. The SMILES string of the molecule is Cc1ccc(S(=O)(=O)N2CCN([C@H](C)C(N)=O)CC2)s1. The number of amides is 1. The molecular formula is C12H19N3O3S2. The molecule has 2 N–H and O–H groups in total. The van der Waals surface area contributed by atoms with Gasteiger partial charge < -0.3 is 5.73 Å². The van der Waals surface area contributed by atoms with E-state index >= 15 is 0 Å². The van der Waals surface area contributed by atoms with Gasteiger partial charge in [0.05, 0.1) is 6.04 Å². The van der Waals surface area contributed by atoms with Crippen molar-refractivity contribution in [2.45, 2.75) is 24.1 Å². The molecule has 6 nitrogen and oxygen atoms in total. The highest BCUT2D eigenvalue weighted by Gasteiger charge is 2.31. The van der Waals surface area contributed by atoms with Crippen LogP contribution in [0.15, 0.2) is 16.3 Å². The summed E-state index contributed by atoms with van der Waals surface area (Å²) in [6.45, 7) is 5.44. The second-order valence-corrected chi connectivity index (χ2v) is 8.34. The first-order chi connectivity index (χ1) is 9.32. The van der Waals surface area contributed by atoms with Crippen LogP contribution in [0.3, 0.4) is 0 Å². The fraction of sp³-hybridized carbons (Fsp3) is 0.583. The molecule has 1 aromatic rings. The van der Waals surface area contributed by atoms with E-state index in [4.69, 9.17) is 5.73 Å². The Hall–Kier alpha value is -0.960. The first-order valence-corrected chi connectivity index (χ1v) is 8.68.